The number of piperazine rings is 1. The van der Waals surface area contributed by atoms with Crippen LogP contribution in [0.5, 0.6) is 0 Å². The SMILES string of the molecule is CCc1ccc(CN2C(=O)CN(S(C)(=O)=O)C[C@]2(C)C(=O)NCc2ccc(C)cc2)cc1. The summed E-state index contributed by atoms with van der Waals surface area (Å²) in [5.74, 6) is -0.779. The zero-order chi connectivity index (χ0) is 23.5. The number of rotatable bonds is 7. The van der Waals surface area contributed by atoms with E-state index in [2.05, 4.69) is 12.2 Å². The Balaban J connectivity index is 1.86. The highest BCUT2D eigenvalue weighted by Gasteiger charge is 2.49. The number of carbonyl (C=O) groups is 2. The topological polar surface area (TPSA) is 86.8 Å². The van der Waals surface area contributed by atoms with Crippen molar-refractivity contribution in [3.63, 3.8) is 0 Å². The molecule has 32 heavy (non-hydrogen) atoms. The molecule has 8 heteroatoms. The minimum Gasteiger partial charge on any atom is -0.350 e. The normalized spacial score (nSPS) is 19.8. The first-order valence-corrected chi connectivity index (χ1v) is 12.5. The summed E-state index contributed by atoms with van der Waals surface area (Å²) in [5, 5.41) is 2.90. The van der Waals surface area contributed by atoms with Gasteiger partial charge >= 0.3 is 0 Å². The van der Waals surface area contributed by atoms with E-state index in [1.807, 2.05) is 55.5 Å². The number of hydrogen-bond acceptors (Lipinski definition) is 4. The second-order valence-electron chi connectivity index (χ2n) is 8.62. The molecule has 0 spiro atoms. The van der Waals surface area contributed by atoms with Crippen LogP contribution in [0, 0.1) is 6.92 Å². The number of sulfonamides is 1. The van der Waals surface area contributed by atoms with Gasteiger partial charge in [-0.3, -0.25) is 9.59 Å². The van der Waals surface area contributed by atoms with Gasteiger partial charge in [0, 0.05) is 19.6 Å². The average Bonchev–Trinajstić information content (AvgIpc) is 2.75. The lowest BCUT2D eigenvalue weighted by Crippen LogP contribution is -2.69. The van der Waals surface area contributed by atoms with Gasteiger partial charge in [-0.15, -0.1) is 0 Å². The van der Waals surface area contributed by atoms with Gasteiger partial charge in [0.15, 0.2) is 0 Å². The Kier molecular flexibility index (Phi) is 7.05. The van der Waals surface area contributed by atoms with E-state index in [1.54, 1.807) is 6.92 Å². The fourth-order valence-electron chi connectivity index (χ4n) is 3.83. The molecule has 0 saturated carbocycles. The molecule has 7 nitrogen and oxygen atoms in total. The minimum absolute atomic E-state index is 0.0929. The fraction of sp³-hybridized carbons (Fsp3) is 0.417. The summed E-state index contributed by atoms with van der Waals surface area (Å²) in [6, 6.07) is 15.7. The Morgan fingerprint density at radius 3 is 2.16 bits per heavy atom. The van der Waals surface area contributed by atoms with E-state index in [0.29, 0.717) is 6.54 Å². The smallest absolute Gasteiger partial charge is 0.247 e. The summed E-state index contributed by atoms with van der Waals surface area (Å²) in [6.07, 6.45) is 1.97. The largest absolute Gasteiger partial charge is 0.350 e. The van der Waals surface area contributed by atoms with Crippen molar-refractivity contribution in [2.45, 2.75) is 45.8 Å². The third-order valence-corrected chi connectivity index (χ3v) is 7.19. The van der Waals surface area contributed by atoms with Crippen molar-refractivity contribution in [3.05, 3.63) is 70.8 Å². The molecule has 1 atom stereocenters. The summed E-state index contributed by atoms with van der Waals surface area (Å²) >= 11 is 0. The van der Waals surface area contributed by atoms with Crippen LogP contribution in [0.1, 0.15) is 36.1 Å². The van der Waals surface area contributed by atoms with Crippen molar-refractivity contribution >= 4 is 21.8 Å². The molecule has 1 aliphatic rings. The molecule has 0 bridgehead atoms. The number of nitrogens with one attached hydrogen (secondary N) is 1. The zero-order valence-corrected chi connectivity index (χ0v) is 19.9. The van der Waals surface area contributed by atoms with Gasteiger partial charge in [-0.25, -0.2) is 8.42 Å². The summed E-state index contributed by atoms with van der Waals surface area (Å²) in [6.45, 7) is 5.85. The lowest BCUT2D eigenvalue weighted by atomic mass is 9.94. The number of carbonyl (C=O) groups excluding carboxylic acids is 2. The quantitative estimate of drug-likeness (QED) is 0.691. The number of aryl methyl sites for hydroxylation is 2. The average molecular weight is 458 g/mol. The molecule has 2 aromatic carbocycles. The molecule has 2 amide bonds. The van der Waals surface area contributed by atoms with E-state index in [9.17, 15) is 18.0 Å². The van der Waals surface area contributed by atoms with Crippen molar-refractivity contribution in [2.24, 2.45) is 0 Å². The van der Waals surface area contributed by atoms with E-state index < -0.39 is 21.5 Å². The number of nitrogens with zero attached hydrogens (tertiary/aromatic N) is 2. The molecule has 172 valence electrons. The van der Waals surface area contributed by atoms with Crippen LogP contribution in [-0.2, 0) is 39.1 Å². The van der Waals surface area contributed by atoms with Gasteiger partial charge in [-0.2, -0.15) is 4.31 Å². The maximum atomic E-state index is 13.4. The van der Waals surface area contributed by atoms with E-state index in [4.69, 9.17) is 0 Å². The third-order valence-electron chi connectivity index (χ3n) is 6.00. The Morgan fingerprint density at radius 2 is 1.59 bits per heavy atom. The number of hydrogen-bond donors (Lipinski definition) is 1. The van der Waals surface area contributed by atoms with Crippen molar-refractivity contribution in [2.75, 3.05) is 19.3 Å². The van der Waals surface area contributed by atoms with Crippen LogP contribution < -0.4 is 5.32 Å². The predicted molar refractivity (Wildman–Crippen MR) is 124 cm³/mol. The highest BCUT2D eigenvalue weighted by Crippen LogP contribution is 2.27. The van der Waals surface area contributed by atoms with Crippen LogP contribution in [-0.4, -0.2) is 54.3 Å². The molecule has 0 aliphatic carbocycles. The summed E-state index contributed by atoms with van der Waals surface area (Å²) in [4.78, 5) is 27.9. The molecule has 3 rings (SSSR count). The number of benzene rings is 2. The summed E-state index contributed by atoms with van der Waals surface area (Å²) < 4.78 is 25.5. The molecule has 0 unspecified atom stereocenters. The molecule has 1 saturated heterocycles. The fourth-order valence-corrected chi connectivity index (χ4v) is 4.66. The summed E-state index contributed by atoms with van der Waals surface area (Å²) in [5.41, 5.74) is 2.78. The lowest BCUT2D eigenvalue weighted by Gasteiger charge is -2.46. The first kappa shape index (κ1) is 23.9. The molecule has 1 N–H and O–H groups in total. The van der Waals surface area contributed by atoms with E-state index in [0.717, 1.165) is 33.7 Å². The maximum absolute atomic E-state index is 13.4. The van der Waals surface area contributed by atoms with Gasteiger partial charge in [-0.05, 0) is 37.0 Å². The minimum atomic E-state index is -3.63. The second-order valence-corrected chi connectivity index (χ2v) is 10.6. The van der Waals surface area contributed by atoms with Gasteiger partial charge in [0.25, 0.3) is 0 Å². The molecular weight excluding hydrogens is 426 g/mol. The molecule has 0 aromatic heterocycles. The molecule has 1 heterocycles. The zero-order valence-electron chi connectivity index (χ0n) is 19.1. The first-order chi connectivity index (χ1) is 15.0. The van der Waals surface area contributed by atoms with Crippen LogP contribution in [0.3, 0.4) is 0 Å². The maximum Gasteiger partial charge on any atom is 0.247 e. The summed E-state index contributed by atoms with van der Waals surface area (Å²) in [7, 11) is -3.63. The standard InChI is InChI=1S/C24H31N3O4S/c1-5-19-10-12-21(13-11-19)15-27-22(28)16-26(32(4,30)31)17-24(27,3)23(29)25-14-20-8-6-18(2)7-9-20/h6-13H,5,14-17H2,1-4H3,(H,25,29)/t24-/m1/s1. The molecule has 1 aliphatic heterocycles. The van der Waals surface area contributed by atoms with E-state index in [-0.39, 0.29) is 25.5 Å². The predicted octanol–water partition coefficient (Wildman–Crippen LogP) is 2.24. The Hall–Kier alpha value is -2.71. The third kappa shape index (κ3) is 5.37. The lowest BCUT2D eigenvalue weighted by molar-refractivity contribution is -0.153. The first-order valence-electron chi connectivity index (χ1n) is 10.7. The van der Waals surface area contributed by atoms with Crippen LogP contribution in [0.25, 0.3) is 0 Å². The Morgan fingerprint density at radius 1 is 1.03 bits per heavy atom. The molecule has 0 radical (unpaired) electrons. The highest BCUT2D eigenvalue weighted by atomic mass is 32.2. The second kappa shape index (κ2) is 9.42. The van der Waals surface area contributed by atoms with E-state index in [1.165, 1.54) is 10.5 Å². The van der Waals surface area contributed by atoms with Gasteiger partial charge in [0.1, 0.15) is 5.54 Å². The van der Waals surface area contributed by atoms with Crippen molar-refractivity contribution in [3.8, 4) is 0 Å². The van der Waals surface area contributed by atoms with Crippen molar-refractivity contribution in [1.82, 2.24) is 14.5 Å². The molecule has 1 fully saturated rings. The Bertz CT molecular complexity index is 1080. The van der Waals surface area contributed by atoms with Crippen LogP contribution >= 0.6 is 0 Å². The monoisotopic (exact) mass is 457 g/mol. The molecular formula is C24H31N3O4S. The number of amides is 2. The van der Waals surface area contributed by atoms with Crippen LogP contribution in [0.2, 0.25) is 0 Å². The van der Waals surface area contributed by atoms with Crippen molar-refractivity contribution < 1.29 is 18.0 Å². The van der Waals surface area contributed by atoms with Crippen molar-refractivity contribution in [1.29, 1.82) is 0 Å². The molecule has 2 aromatic rings. The highest BCUT2D eigenvalue weighted by molar-refractivity contribution is 7.88. The van der Waals surface area contributed by atoms with E-state index >= 15 is 0 Å². The van der Waals surface area contributed by atoms with Crippen LogP contribution in [0.15, 0.2) is 48.5 Å². The van der Waals surface area contributed by atoms with Gasteiger partial charge in [0.05, 0.1) is 12.8 Å². The van der Waals surface area contributed by atoms with Gasteiger partial charge in [0.2, 0.25) is 21.8 Å². The Labute approximate surface area is 190 Å². The van der Waals surface area contributed by atoms with Crippen LogP contribution in [0.4, 0.5) is 0 Å². The van der Waals surface area contributed by atoms with Gasteiger partial charge < -0.3 is 10.2 Å². The van der Waals surface area contributed by atoms with Gasteiger partial charge in [-0.1, -0.05) is 61.0 Å².